The van der Waals surface area contributed by atoms with Gasteiger partial charge in [0.2, 0.25) is 0 Å². The number of alkyl halides is 2. The molecule has 0 bridgehead atoms. The van der Waals surface area contributed by atoms with Gasteiger partial charge in [-0.25, -0.2) is 4.79 Å². The number of halogens is 2. The molecule has 17 heavy (non-hydrogen) atoms. The fourth-order valence-electron chi connectivity index (χ4n) is 0.916. The number of nitrogens with zero attached hydrogens (tertiary/aromatic N) is 1. The standard InChI is InChI=1S/C12H11Cl2NO2/c1-9(12(13)14)15-17-11(16)8-7-10-5-3-2-4-6-10/h2-8,12H,1H3/b8-7+,15-9+. The third kappa shape index (κ3) is 5.52. The Kier molecular flexibility index (Phi) is 5.73. The number of benzene rings is 1. The van der Waals surface area contributed by atoms with Gasteiger partial charge in [0, 0.05) is 6.08 Å². The highest BCUT2D eigenvalue weighted by molar-refractivity contribution is 6.54. The van der Waals surface area contributed by atoms with Gasteiger partial charge in [0.05, 0.1) is 5.71 Å². The Morgan fingerprint density at radius 3 is 2.59 bits per heavy atom. The van der Waals surface area contributed by atoms with E-state index in [0.717, 1.165) is 5.56 Å². The van der Waals surface area contributed by atoms with Crippen molar-refractivity contribution in [1.29, 1.82) is 0 Å². The van der Waals surface area contributed by atoms with E-state index in [1.54, 1.807) is 13.0 Å². The minimum Gasteiger partial charge on any atom is -0.313 e. The van der Waals surface area contributed by atoms with Crippen LogP contribution < -0.4 is 0 Å². The molecule has 1 aromatic carbocycles. The monoisotopic (exact) mass is 271 g/mol. The molecule has 0 N–H and O–H groups in total. The van der Waals surface area contributed by atoms with Gasteiger partial charge in [-0.2, -0.15) is 0 Å². The zero-order valence-corrected chi connectivity index (χ0v) is 10.7. The molecule has 0 amide bonds. The van der Waals surface area contributed by atoms with E-state index in [9.17, 15) is 4.79 Å². The van der Waals surface area contributed by atoms with Crippen LogP contribution in [0.15, 0.2) is 41.6 Å². The predicted molar refractivity (Wildman–Crippen MR) is 70.2 cm³/mol. The fraction of sp³-hybridized carbons (Fsp3) is 0.167. The van der Waals surface area contributed by atoms with Crippen molar-refractivity contribution in [3.63, 3.8) is 0 Å². The molecule has 0 aliphatic heterocycles. The van der Waals surface area contributed by atoms with Gasteiger partial charge >= 0.3 is 5.97 Å². The normalized spacial score (nSPS) is 12.1. The summed E-state index contributed by atoms with van der Waals surface area (Å²) < 4.78 is 0. The second kappa shape index (κ2) is 7.09. The van der Waals surface area contributed by atoms with Gasteiger partial charge in [0.1, 0.15) is 4.84 Å². The van der Waals surface area contributed by atoms with Gasteiger partial charge in [-0.3, -0.25) is 0 Å². The molecule has 0 saturated carbocycles. The van der Waals surface area contributed by atoms with E-state index in [-0.39, 0.29) is 0 Å². The Bertz CT molecular complexity index is 427. The Morgan fingerprint density at radius 2 is 2.00 bits per heavy atom. The van der Waals surface area contributed by atoms with E-state index in [2.05, 4.69) is 9.99 Å². The van der Waals surface area contributed by atoms with Crippen LogP contribution >= 0.6 is 23.2 Å². The van der Waals surface area contributed by atoms with E-state index >= 15 is 0 Å². The minimum absolute atomic E-state index is 0.329. The molecule has 0 heterocycles. The molecular weight excluding hydrogens is 261 g/mol. The molecule has 3 nitrogen and oxygen atoms in total. The third-order valence-electron chi connectivity index (χ3n) is 1.81. The lowest BCUT2D eigenvalue weighted by Crippen LogP contribution is -2.05. The molecule has 1 aromatic rings. The van der Waals surface area contributed by atoms with E-state index in [1.165, 1.54) is 6.08 Å². The first-order valence-electron chi connectivity index (χ1n) is 4.86. The average molecular weight is 272 g/mol. The average Bonchev–Trinajstić information content (AvgIpc) is 2.34. The van der Waals surface area contributed by atoms with Crippen molar-refractivity contribution in [2.75, 3.05) is 0 Å². The van der Waals surface area contributed by atoms with Crippen LogP contribution in [-0.4, -0.2) is 16.5 Å². The van der Waals surface area contributed by atoms with Crippen LogP contribution in [-0.2, 0) is 9.63 Å². The smallest absolute Gasteiger partial charge is 0.313 e. The molecule has 0 aliphatic carbocycles. The van der Waals surface area contributed by atoms with Gasteiger partial charge < -0.3 is 4.84 Å². The van der Waals surface area contributed by atoms with Crippen molar-refractivity contribution >= 4 is 41.0 Å². The molecular formula is C12H11Cl2NO2. The number of carbonyl (C=O) groups is 1. The van der Waals surface area contributed by atoms with E-state index in [1.807, 2.05) is 30.3 Å². The maximum absolute atomic E-state index is 11.2. The van der Waals surface area contributed by atoms with Gasteiger partial charge in [-0.15, -0.1) is 0 Å². The van der Waals surface area contributed by atoms with Crippen LogP contribution in [0.3, 0.4) is 0 Å². The first-order chi connectivity index (χ1) is 8.09. The maximum Gasteiger partial charge on any atom is 0.358 e. The quantitative estimate of drug-likeness (QED) is 0.277. The minimum atomic E-state index is -0.777. The molecule has 90 valence electrons. The van der Waals surface area contributed by atoms with Crippen LogP contribution in [0, 0.1) is 0 Å². The number of carbonyl (C=O) groups excluding carboxylic acids is 1. The summed E-state index contributed by atoms with van der Waals surface area (Å²) in [5, 5.41) is 3.49. The predicted octanol–water partition coefficient (Wildman–Crippen LogP) is 3.42. The van der Waals surface area contributed by atoms with Crippen LogP contribution in [0.2, 0.25) is 0 Å². The van der Waals surface area contributed by atoms with Crippen LogP contribution in [0.5, 0.6) is 0 Å². The molecule has 0 spiro atoms. The first-order valence-corrected chi connectivity index (χ1v) is 5.73. The van der Waals surface area contributed by atoms with Gasteiger partial charge in [-0.1, -0.05) is 58.7 Å². The number of oxime groups is 1. The number of hydrogen-bond acceptors (Lipinski definition) is 3. The van der Waals surface area contributed by atoms with Crippen molar-refractivity contribution in [2.45, 2.75) is 11.8 Å². The summed E-state index contributed by atoms with van der Waals surface area (Å²) in [5.74, 6) is -0.581. The van der Waals surface area contributed by atoms with E-state index < -0.39 is 10.8 Å². The second-order valence-corrected chi connectivity index (χ2v) is 4.28. The molecule has 0 unspecified atom stereocenters. The Labute approximate surface area is 110 Å². The largest absolute Gasteiger partial charge is 0.358 e. The molecule has 0 fully saturated rings. The highest BCUT2D eigenvalue weighted by atomic mass is 35.5. The summed E-state index contributed by atoms with van der Waals surface area (Å²) >= 11 is 11.0. The number of rotatable bonds is 4. The lowest BCUT2D eigenvalue weighted by Gasteiger charge is -1.98. The zero-order valence-electron chi connectivity index (χ0n) is 9.14. The lowest BCUT2D eigenvalue weighted by atomic mass is 10.2. The van der Waals surface area contributed by atoms with Gasteiger partial charge in [0.15, 0.2) is 0 Å². The highest BCUT2D eigenvalue weighted by Gasteiger charge is 2.04. The Hall–Kier alpha value is -1.32. The molecule has 0 saturated heterocycles. The second-order valence-electron chi connectivity index (χ2n) is 3.19. The first kappa shape index (κ1) is 13.7. The van der Waals surface area contributed by atoms with Crippen molar-refractivity contribution in [3.05, 3.63) is 42.0 Å². The molecule has 0 atom stereocenters. The third-order valence-corrected chi connectivity index (χ3v) is 2.44. The summed E-state index contributed by atoms with van der Waals surface area (Å²) in [6.07, 6.45) is 2.91. The molecule has 5 heteroatoms. The van der Waals surface area contributed by atoms with Gasteiger partial charge in [0.25, 0.3) is 0 Å². The topological polar surface area (TPSA) is 38.7 Å². The van der Waals surface area contributed by atoms with E-state index in [4.69, 9.17) is 23.2 Å². The summed E-state index contributed by atoms with van der Waals surface area (Å²) in [6, 6.07) is 9.37. The maximum atomic E-state index is 11.2. The highest BCUT2D eigenvalue weighted by Crippen LogP contribution is 2.05. The van der Waals surface area contributed by atoms with E-state index in [0.29, 0.717) is 5.71 Å². The summed E-state index contributed by atoms with van der Waals surface area (Å²) in [4.78, 5) is 15.0. The van der Waals surface area contributed by atoms with Crippen LogP contribution in [0.25, 0.3) is 6.08 Å². The number of hydrogen-bond donors (Lipinski definition) is 0. The van der Waals surface area contributed by atoms with Crippen molar-refractivity contribution in [1.82, 2.24) is 0 Å². The summed E-state index contributed by atoms with van der Waals surface area (Å²) in [6.45, 7) is 1.57. The molecule has 1 rings (SSSR count). The zero-order chi connectivity index (χ0) is 12.7. The summed E-state index contributed by atoms with van der Waals surface area (Å²) in [5.41, 5.74) is 1.23. The fourth-order valence-corrected chi connectivity index (χ4v) is 0.995. The Morgan fingerprint density at radius 1 is 1.35 bits per heavy atom. The molecule has 0 aliphatic rings. The van der Waals surface area contributed by atoms with Gasteiger partial charge in [-0.05, 0) is 18.6 Å². The molecule has 0 radical (unpaired) electrons. The van der Waals surface area contributed by atoms with Crippen molar-refractivity contribution in [2.24, 2.45) is 5.16 Å². The lowest BCUT2D eigenvalue weighted by molar-refractivity contribution is -0.137. The van der Waals surface area contributed by atoms with Crippen LogP contribution in [0.1, 0.15) is 12.5 Å². The van der Waals surface area contributed by atoms with Crippen molar-refractivity contribution in [3.8, 4) is 0 Å². The molecule has 0 aromatic heterocycles. The summed E-state index contributed by atoms with van der Waals surface area (Å²) in [7, 11) is 0. The SMILES string of the molecule is C/C(=N\OC(=O)/C=C/c1ccccc1)C(Cl)Cl. The Balaban J connectivity index is 2.51. The van der Waals surface area contributed by atoms with Crippen molar-refractivity contribution < 1.29 is 9.63 Å². The van der Waals surface area contributed by atoms with Crippen LogP contribution in [0.4, 0.5) is 0 Å².